The van der Waals surface area contributed by atoms with E-state index in [4.69, 9.17) is 49.3 Å². The maximum atomic E-state index is 5.51. The zero-order chi connectivity index (χ0) is 12.2. The second kappa shape index (κ2) is 11.5. The molecular weight excluding hydrogens is 270 g/mol. The van der Waals surface area contributed by atoms with E-state index >= 15 is 0 Å². The largest absolute Gasteiger partial charge is 0.368 e. The molecule has 0 spiro atoms. The summed E-state index contributed by atoms with van der Waals surface area (Å²) in [5, 5.41) is 0. The van der Waals surface area contributed by atoms with Crippen molar-refractivity contribution in [1.82, 2.24) is 0 Å². The Morgan fingerprint density at radius 2 is 1.50 bits per heavy atom. The van der Waals surface area contributed by atoms with E-state index in [2.05, 4.69) is 11.8 Å². The normalized spacial score (nSPS) is 10.4. The molecule has 0 atom stereocenters. The first-order chi connectivity index (χ1) is 7.70. The second-order valence-electron chi connectivity index (χ2n) is 2.80. The van der Waals surface area contributed by atoms with Crippen LogP contribution in [0.1, 0.15) is 0 Å². The van der Waals surface area contributed by atoms with Crippen molar-refractivity contribution in [1.29, 1.82) is 0 Å². The van der Waals surface area contributed by atoms with Gasteiger partial charge >= 0.3 is 0 Å². The highest BCUT2D eigenvalue weighted by Gasteiger charge is 2.12. The van der Waals surface area contributed by atoms with Crippen LogP contribution in [0.15, 0.2) is 0 Å². The third kappa shape index (κ3) is 10.5. The Labute approximate surface area is 107 Å². The fourth-order valence-electron chi connectivity index (χ4n) is 0.875. The van der Waals surface area contributed by atoms with Crippen molar-refractivity contribution in [3.05, 3.63) is 0 Å². The monoisotopic (exact) mass is 282 g/mol. The van der Waals surface area contributed by atoms with Gasteiger partial charge in [0.2, 0.25) is 6.85 Å². The Kier molecular flexibility index (Phi) is 11.5. The van der Waals surface area contributed by atoms with Crippen molar-refractivity contribution in [3.63, 3.8) is 0 Å². The third-order valence-corrected chi connectivity index (χ3v) is 2.42. The highest BCUT2D eigenvalue weighted by atomic mass is 35.9. The van der Waals surface area contributed by atoms with Gasteiger partial charge < -0.3 is 14.0 Å². The number of hydrogen-bond acceptors (Lipinski definition) is 3. The molecule has 0 aliphatic heterocycles. The maximum absolute atomic E-state index is 5.51. The predicted octanol–water partition coefficient (Wildman–Crippen LogP) is 2.62. The van der Waals surface area contributed by atoms with Crippen molar-refractivity contribution < 1.29 is 14.0 Å². The number of hydrogen-bond donors (Lipinski definition) is 0. The number of ether oxygens (including phenoxy) is 2. The molecule has 0 amide bonds. The van der Waals surface area contributed by atoms with Crippen LogP contribution in [0.25, 0.3) is 0 Å². The van der Waals surface area contributed by atoms with Gasteiger partial charge in [-0.3, -0.25) is 0 Å². The summed E-state index contributed by atoms with van der Waals surface area (Å²) in [6.45, 7) is 0.286. The highest BCUT2D eigenvalue weighted by molar-refractivity contribution is 8.00. The Morgan fingerprint density at radius 3 is 1.88 bits per heavy atom. The fraction of sp³-hybridized carbons (Fsp3) is 0.600. The summed E-state index contributed by atoms with van der Waals surface area (Å²) >= 11 is 11.0. The number of terminal acetylenes is 2. The molecule has 0 heterocycles. The standard InChI is InChI=1S/C10H13Cl2O3P/c1-3-5-13-7-10(8-14-6-4-2)9-15-16(11)12/h1-2,10H,5-9H2. The Bertz CT molecular complexity index is 227. The molecule has 0 aromatic rings. The van der Waals surface area contributed by atoms with Gasteiger partial charge in [-0.1, -0.05) is 11.8 Å². The van der Waals surface area contributed by atoms with Gasteiger partial charge in [-0.15, -0.1) is 12.8 Å². The lowest BCUT2D eigenvalue weighted by Crippen LogP contribution is -2.21. The molecule has 0 aromatic heterocycles. The molecule has 0 aliphatic rings. The molecular formula is C10H13Cl2O3P. The summed E-state index contributed by atoms with van der Waals surface area (Å²) in [6, 6.07) is 0. The summed E-state index contributed by atoms with van der Waals surface area (Å²) in [6.07, 6.45) is 10.1. The van der Waals surface area contributed by atoms with Gasteiger partial charge in [0.25, 0.3) is 0 Å². The van der Waals surface area contributed by atoms with Gasteiger partial charge in [-0.05, 0) is 22.5 Å². The van der Waals surface area contributed by atoms with Gasteiger partial charge in [0.1, 0.15) is 13.2 Å². The molecule has 0 aliphatic carbocycles. The molecule has 0 radical (unpaired) electrons. The molecule has 0 rings (SSSR count). The van der Waals surface area contributed by atoms with Crippen LogP contribution in [0, 0.1) is 30.6 Å². The van der Waals surface area contributed by atoms with E-state index in [1.807, 2.05) is 0 Å². The average Bonchev–Trinajstić information content (AvgIpc) is 2.25. The van der Waals surface area contributed by atoms with E-state index in [0.717, 1.165) is 0 Å². The summed E-state index contributed by atoms with van der Waals surface area (Å²) in [7, 11) is 0. The first-order valence-corrected chi connectivity index (χ1v) is 7.54. The molecule has 16 heavy (non-hydrogen) atoms. The lowest BCUT2D eigenvalue weighted by molar-refractivity contribution is 0.0426. The number of halogens is 2. The van der Waals surface area contributed by atoms with Crippen LogP contribution in [0.4, 0.5) is 0 Å². The minimum absolute atomic E-state index is 0.0178. The molecule has 6 heteroatoms. The molecule has 0 aromatic carbocycles. The summed E-state index contributed by atoms with van der Waals surface area (Å²) in [5.74, 6) is 4.76. The van der Waals surface area contributed by atoms with Crippen LogP contribution in [0.3, 0.4) is 0 Å². The van der Waals surface area contributed by atoms with Crippen LogP contribution in [-0.4, -0.2) is 33.0 Å². The first kappa shape index (κ1) is 16.0. The molecule has 0 unspecified atom stereocenters. The Balaban J connectivity index is 3.77. The fourth-order valence-corrected chi connectivity index (χ4v) is 1.54. The van der Waals surface area contributed by atoms with Crippen molar-refractivity contribution in [2.75, 3.05) is 33.0 Å². The van der Waals surface area contributed by atoms with E-state index < -0.39 is 6.85 Å². The number of rotatable bonds is 9. The maximum Gasteiger partial charge on any atom is 0.225 e. The SMILES string of the molecule is C#CCOCC(COCC#C)COP(Cl)Cl. The van der Waals surface area contributed by atoms with E-state index in [0.29, 0.717) is 19.8 Å². The minimum atomic E-state index is -1.42. The smallest absolute Gasteiger partial charge is 0.225 e. The highest BCUT2D eigenvalue weighted by Crippen LogP contribution is 2.47. The second-order valence-corrected chi connectivity index (χ2v) is 5.83. The predicted molar refractivity (Wildman–Crippen MR) is 67.4 cm³/mol. The molecule has 0 bridgehead atoms. The van der Waals surface area contributed by atoms with Gasteiger partial charge in [0.05, 0.1) is 19.8 Å². The average molecular weight is 283 g/mol. The topological polar surface area (TPSA) is 27.7 Å². The molecule has 0 saturated carbocycles. The molecule has 0 saturated heterocycles. The summed E-state index contributed by atoms with van der Waals surface area (Å²) < 4.78 is 15.5. The summed E-state index contributed by atoms with van der Waals surface area (Å²) in [4.78, 5) is 0. The van der Waals surface area contributed by atoms with E-state index in [1.54, 1.807) is 0 Å². The first-order valence-electron chi connectivity index (χ1n) is 4.47. The third-order valence-electron chi connectivity index (χ3n) is 1.49. The minimum Gasteiger partial charge on any atom is -0.368 e. The van der Waals surface area contributed by atoms with Crippen molar-refractivity contribution in [3.8, 4) is 24.7 Å². The van der Waals surface area contributed by atoms with E-state index in [9.17, 15) is 0 Å². The van der Waals surface area contributed by atoms with Crippen LogP contribution in [-0.2, 0) is 14.0 Å². The molecule has 0 N–H and O–H groups in total. The van der Waals surface area contributed by atoms with E-state index in [-0.39, 0.29) is 19.1 Å². The molecule has 0 fully saturated rings. The quantitative estimate of drug-likeness (QED) is 0.370. The van der Waals surface area contributed by atoms with Crippen molar-refractivity contribution >= 4 is 29.3 Å². The summed E-state index contributed by atoms with van der Waals surface area (Å²) in [5.41, 5.74) is 0. The van der Waals surface area contributed by atoms with Crippen LogP contribution in [0.2, 0.25) is 0 Å². The lowest BCUT2D eigenvalue weighted by Gasteiger charge is -2.16. The van der Waals surface area contributed by atoms with Gasteiger partial charge in [-0.2, -0.15) is 0 Å². The van der Waals surface area contributed by atoms with Gasteiger partial charge in [0.15, 0.2) is 0 Å². The lowest BCUT2D eigenvalue weighted by atomic mass is 10.2. The molecule has 90 valence electrons. The van der Waals surface area contributed by atoms with Gasteiger partial charge in [-0.25, -0.2) is 0 Å². The van der Waals surface area contributed by atoms with Crippen LogP contribution in [0.5, 0.6) is 0 Å². The van der Waals surface area contributed by atoms with E-state index in [1.165, 1.54) is 0 Å². The van der Waals surface area contributed by atoms with Crippen LogP contribution < -0.4 is 0 Å². The van der Waals surface area contributed by atoms with Crippen molar-refractivity contribution in [2.24, 2.45) is 5.92 Å². The molecule has 3 nitrogen and oxygen atoms in total. The Hall–Kier alpha value is 0.01000. The zero-order valence-corrected chi connectivity index (χ0v) is 11.1. The van der Waals surface area contributed by atoms with Crippen LogP contribution >= 0.6 is 29.3 Å². The van der Waals surface area contributed by atoms with Crippen molar-refractivity contribution in [2.45, 2.75) is 0 Å². The zero-order valence-electron chi connectivity index (χ0n) is 8.70. The van der Waals surface area contributed by atoms with Gasteiger partial charge in [0, 0.05) is 5.92 Å². The Morgan fingerprint density at radius 1 is 1.00 bits per heavy atom.